The van der Waals surface area contributed by atoms with Gasteiger partial charge in [0, 0.05) is 47.7 Å². The van der Waals surface area contributed by atoms with E-state index in [1.54, 1.807) is 29.2 Å². The van der Waals surface area contributed by atoms with Crippen LogP contribution in [0.25, 0.3) is 10.8 Å². The van der Waals surface area contributed by atoms with E-state index in [9.17, 15) is 9.18 Å². The number of rotatable bonds is 4. The largest absolute Gasteiger partial charge is 0.483 e. The smallest absolute Gasteiger partial charge is 0.260 e. The standard InChI is InChI=1S/C22H20ClFN2O2/c23-20-9-10-21(19-4-2-1-3-18(19)20)28-15-22(27)26-13-11-25(12-14-26)17-7-5-16(24)6-8-17/h1-10H,11-15H2. The maximum absolute atomic E-state index is 13.1. The molecule has 0 saturated carbocycles. The van der Waals surface area contributed by atoms with Gasteiger partial charge < -0.3 is 14.5 Å². The first kappa shape index (κ1) is 18.6. The van der Waals surface area contributed by atoms with E-state index in [1.165, 1.54) is 12.1 Å². The number of halogens is 2. The predicted octanol–water partition coefficient (Wildman–Crippen LogP) is 4.36. The summed E-state index contributed by atoms with van der Waals surface area (Å²) >= 11 is 6.23. The number of fused-ring (bicyclic) bond motifs is 1. The minimum absolute atomic E-state index is 0.0117. The van der Waals surface area contributed by atoms with Gasteiger partial charge in [-0.1, -0.05) is 35.9 Å². The lowest BCUT2D eigenvalue weighted by Crippen LogP contribution is -2.50. The zero-order valence-electron chi connectivity index (χ0n) is 15.3. The van der Waals surface area contributed by atoms with E-state index >= 15 is 0 Å². The van der Waals surface area contributed by atoms with Crippen molar-refractivity contribution in [1.82, 2.24) is 4.90 Å². The van der Waals surface area contributed by atoms with Gasteiger partial charge in [0.2, 0.25) is 0 Å². The molecule has 6 heteroatoms. The van der Waals surface area contributed by atoms with Crippen LogP contribution in [0.3, 0.4) is 0 Å². The quantitative estimate of drug-likeness (QED) is 0.654. The number of carbonyl (C=O) groups excluding carboxylic acids is 1. The van der Waals surface area contributed by atoms with E-state index in [1.807, 2.05) is 24.3 Å². The third-order valence-corrected chi connectivity index (χ3v) is 5.34. The molecule has 0 bridgehead atoms. The van der Waals surface area contributed by atoms with Crippen LogP contribution in [-0.4, -0.2) is 43.6 Å². The summed E-state index contributed by atoms with van der Waals surface area (Å²) in [6.45, 7) is 2.63. The second kappa shape index (κ2) is 8.07. The molecular formula is C22H20ClFN2O2. The Hall–Kier alpha value is -2.79. The Kier molecular flexibility index (Phi) is 5.35. The lowest BCUT2D eigenvalue weighted by Gasteiger charge is -2.36. The molecule has 28 heavy (non-hydrogen) atoms. The van der Waals surface area contributed by atoms with Gasteiger partial charge in [-0.3, -0.25) is 4.79 Å². The molecule has 1 fully saturated rings. The molecule has 1 heterocycles. The zero-order chi connectivity index (χ0) is 19.5. The topological polar surface area (TPSA) is 32.8 Å². The normalized spacial score (nSPS) is 14.4. The molecule has 1 amide bonds. The highest BCUT2D eigenvalue weighted by atomic mass is 35.5. The maximum Gasteiger partial charge on any atom is 0.260 e. The molecule has 4 rings (SSSR count). The summed E-state index contributed by atoms with van der Waals surface area (Å²) in [7, 11) is 0. The summed E-state index contributed by atoms with van der Waals surface area (Å²) in [5.74, 6) is 0.362. The average molecular weight is 399 g/mol. The second-order valence-corrected chi connectivity index (χ2v) is 7.13. The van der Waals surface area contributed by atoms with Crippen molar-refractivity contribution in [3.05, 3.63) is 71.5 Å². The summed E-state index contributed by atoms with van der Waals surface area (Å²) in [5, 5.41) is 2.46. The molecular weight excluding hydrogens is 379 g/mol. The van der Waals surface area contributed by atoms with Crippen LogP contribution in [-0.2, 0) is 4.79 Å². The molecule has 1 aliphatic rings. The van der Waals surface area contributed by atoms with Crippen LogP contribution in [0.5, 0.6) is 5.75 Å². The van der Waals surface area contributed by atoms with Crippen LogP contribution in [0.1, 0.15) is 0 Å². The molecule has 144 valence electrons. The van der Waals surface area contributed by atoms with E-state index in [4.69, 9.17) is 16.3 Å². The van der Waals surface area contributed by atoms with Gasteiger partial charge in [-0.05, 0) is 36.4 Å². The fourth-order valence-electron chi connectivity index (χ4n) is 3.46. The van der Waals surface area contributed by atoms with E-state index in [0.29, 0.717) is 37.0 Å². The first-order chi connectivity index (χ1) is 13.6. The van der Waals surface area contributed by atoms with Gasteiger partial charge in [0.25, 0.3) is 5.91 Å². The van der Waals surface area contributed by atoms with Crippen LogP contribution in [0.15, 0.2) is 60.7 Å². The third kappa shape index (κ3) is 3.90. The van der Waals surface area contributed by atoms with Crippen molar-refractivity contribution < 1.29 is 13.9 Å². The van der Waals surface area contributed by atoms with Crippen molar-refractivity contribution in [2.75, 3.05) is 37.7 Å². The summed E-state index contributed by atoms with van der Waals surface area (Å²) in [6.07, 6.45) is 0. The monoisotopic (exact) mass is 398 g/mol. The summed E-state index contributed by atoms with van der Waals surface area (Å²) < 4.78 is 18.9. The SMILES string of the molecule is O=C(COc1ccc(Cl)c2ccccc12)N1CCN(c2ccc(F)cc2)CC1. The molecule has 3 aromatic rings. The molecule has 0 aromatic heterocycles. The van der Waals surface area contributed by atoms with Gasteiger partial charge in [-0.15, -0.1) is 0 Å². The molecule has 0 N–H and O–H groups in total. The molecule has 0 atom stereocenters. The van der Waals surface area contributed by atoms with Crippen LogP contribution in [0, 0.1) is 5.82 Å². The zero-order valence-corrected chi connectivity index (χ0v) is 16.0. The highest BCUT2D eigenvalue weighted by molar-refractivity contribution is 6.35. The van der Waals surface area contributed by atoms with Crippen molar-refractivity contribution in [3.63, 3.8) is 0 Å². The number of amides is 1. The van der Waals surface area contributed by atoms with Crippen LogP contribution >= 0.6 is 11.6 Å². The van der Waals surface area contributed by atoms with Gasteiger partial charge in [-0.2, -0.15) is 0 Å². The number of ether oxygens (including phenoxy) is 1. The molecule has 1 saturated heterocycles. The third-order valence-electron chi connectivity index (χ3n) is 5.01. The van der Waals surface area contributed by atoms with E-state index in [2.05, 4.69) is 4.90 Å². The summed E-state index contributed by atoms with van der Waals surface area (Å²) in [6, 6.07) is 17.7. The number of anilines is 1. The van der Waals surface area contributed by atoms with Crippen molar-refractivity contribution in [2.24, 2.45) is 0 Å². The number of hydrogen-bond donors (Lipinski definition) is 0. The van der Waals surface area contributed by atoms with Crippen LogP contribution in [0.2, 0.25) is 5.02 Å². The number of piperazine rings is 1. The molecule has 0 aliphatic carbocycles. The number of hydrogen-bond acceptors (Lipinski definition) is 3. The van der Waals surface area contributed by atoms with Crippen molar-refractivity contribution in [1.29, 1.82) is 0 Å². The Morgan fingerprint density at radius 3 is 2.32 bits per heavy atom. The first-order valence-electron chi connectivity index (χ1n) is 9.20. The second-order valence-electron chi connectivity index (χ2n) is 6.72. The lowest BCUT2D eigenvalue weighted by atomic mass is 10.1. The van der Waals surface area contributed by atoms with E-state index in [0.717, 1.165) is 16.5 Å². The Labute approximate surface area is 168 Å². The highest BCUT2D eigenvalue weighted by Gasteiger charge is 2.22. The molecule has 1 aliphatic heterocycles. The predicted molar refractivity (Wildman–Crippen MR) is 110 cm³/mol. The van der Waals surface area contributed by atoms with Crippen molar-refractivity contribution in [2.45, 2.75) is 0 Å². The minimum Gasteiger partial charge on any atom is -0.483 e. The number of carbonyl (C=O) groups is 1. The van der Waals surface area contributed by atoms with Gasteiger partial charge in [-0.25, -0.2) is 4.39 Å². The van der Waals surface area contributed by atoms with Crippen molar-refractivity contribution >= 4 is 34.0 Å². The van der Waals surface area contributed by atoms with Crippen LogP contribution < -0.4 is 9.64 Å². The summed E-state index contributed by atoms with van der Waals surface area (Å²) in [4.78, 5) is 16.5. The average Bonchev–Trinajstić information content (AvgIpc) is 2.74. The minimum atomic E-state index is -0.246. The molecule has 0 radical (unpaired) electrons. The molecule has 3 aromatic carbocycles. The van der Waals surface area contributed by atoms with Gasteiger partial charge in [0.05, 0.1) is 0 Å². The fourth-order valence-corrected chi connectivity index (χ4v) is 3.69. The Bertz CT molecular complexity index is 985. The van der Waals surface area contributed by atoms with Gasteiger partial charge >= 0.3 is 0 Å². The van der Waals surface area contributed by atoms with Gasteiger partial charge in [0.15, 0.2) is 6.61 Å². The number of nitrogens with zero attached hydrogens (tertiary/aromatic N) is 2. The first-order valence-corrected chi connectivity index (χ1v) is 9.58. The highest BCUT2D eigenvalue weighted by Crippen LogP contribution is 2.31. The molecule has 4 nitrogen and oxygen atoms in total. The Morgan fingerprint density at radius 1 is 0.929 bits per heavy atom. The fraction of sp³-hybridized carbons (Fsp3) is 0.227. The van der Waals surface area contributed by atoms with Crippen LogP contribution in [0.4, 0.5) is 10.1 Å². The lowest BCUT2D eigenvalue weighted by molar-refractivity contribution is -0.133. The number of benzene rings is 3. The molecule has 0 unspecified atom stereocenters. The van der Waals surface area contributed by atoms with Crippen molar-refractivity contribution in [3.8, 4) is 5.75 Å². The van der Waals surface area contributed by atoms with Gasteiger partial charge in [0.1, 0.15) is 11.6 Å². The summed E-state index contributed by atoms with van der Waals surface area (Å²) in [5.41, 5.74) is 0.970. The molecule has 0 spiro atoms. The maximum atomic E-state index is 13.1. The van der Waals surface area contributed by atoms with E-state index < -0.39 is 0 Å². The Morgan fingerprint density at radius 2 is 1.61 bits per heavy atom. The van der Waals surface area contributed by atoms with E-state index in [-0.39, 0.29) is 18.3 Å². The Balaban J connectivity index is 1.35.